The van der Waals surface area contributed by atoms with E-state index in [1.807, 2.05) is 0 Å². The summed E-state index contributed by atoms with van der Waals surface area (Å²) in [5, 5.41) is 0.389. The number of halogens is 2. The van der Waals surface area contributed by atoms with Crippen LogP contribution in [-0.2, 0) is 11.0 Å². The minimum Gasteiger partial charge on any atom is -0.415 e. The summed E-state index contributed by atoms with van der Waals surface area (Å²) >= 11 is 3.21. The Balaban J connectivity index is 2.22. The summed E-state index contributed by atoms with van der Waals surface area (Å²) in [6, 6.07) is 2.90. The van der Waals surface area contributed by atoms with Crippen molar-refractivity contribution in [2.24, 2.45) is 0 Å². The molecule has 0 aliphatic rings. The van der Waals surface area contributed by atoms with Crippen LogP contribution in [0.25, 0.3) is 10.9 Å². The molecule has 0 bridgehead atoms. The van der Waals surface area contributed by atoms with Crippen molar-refractivity contribution >= 4 is 35.2 Å². The second-order valence-corrected chi connectivity index (χ2v) is 12.9. The molecular weight excluding hydrogens is 379 g/mol. The highest BCUT2D eigenvalue weighted by molar-refractivity contribution is 9.10. The summed E-state index contributed by atoms with van der Waals surface area (Å²) in [4.78, 5) is 16.5. The minimum atomic E-state index is -1.85. The highest BCUT2D eigenvalue weighted by Crippen LogP contribution is 2.36. The Labute approximate surface area is 144 Å². The van der Waals surface area contributed by atoms with Crippen LogP contribution >= 0.6 is 15.9 Å². The highest BCUT2D eigenvalue weighted by Gasteiger charge is 2.36. The number of aromatic nitrogens is 2. The normalized spacial score (nSPS) is 12.8. The van der Waals surface area contributed by atoms with Crippen LogP contribution in [0.3, 0.4) is 0 Å². The van der Waals surface area contributed by atoms with Crippen molar-refractivity contribution in [3.8, 4) is 0 Å². The zero-order valence-electron chi connectivity index (χ0n) is 14.1. The lowest BCUT2D eigenvalue weighted by Crippen LogP contribution is -2.41. The Kier molecular flexibility index (Phi) is 5.13. The lowest BCUT2D eigenvalue weighted by atomic mass is 10.2. The smallest absolute Gasteiger partial charge is 0.261 e. The molecule has 2 aromatic rings. The Morgan fingerprint density at radius 1 is 1.35 bits per heavy atom. The number of hydrogen-bond acceptors (Lipinski definition) is 3. The van der Waals surface area contributed by atoms with E-state index in [-0.39, 0.29) is 21.5 Å². The summed E-state index contributed by atoms with van der Waals surface area (Å²) in [6.45, 7) is 11.7. The Bertz CT molecular complexity index is 784. The van der Waals surface area contributed by atoms with Gasteiger partial charge >= 0.3 is 0 Å². The van der Waals surface area contributed by atoms with Gasteiger partial charge in [-0.2, -0.15) is 0 Å². The fourth-order valence-corrected chi connectivity index (χ4v) is 3.43. The average molecular weight is 401 g/mol. The summed E-state index contributed by atoms with van der Waals surface area (Å²) in [5.41, 5.74) is -0.159. The molecule has 23 heavy (non-hydrogen) atoms. The zero-order valence-corrected chi connectivity index (χ0v) is 16.7. The van der Waals surface area contributed by atoms with Gasteiger partial charge in [-0.3, -0.25) is 9.36 Å². The van der Waals surface area contributed by atoms with Gasteiger partial charge in [-0.05, 0) is 30.3 Å². The molecule has 0 aliphatic carbocycles. The van der Waals surface area contributed by atoms with Crippen molar-refractivity contribution in [3.05, 3.63) is 39.1 Å². The van der Waals surface area contributed by atoms with Gasteiger partial charge < -0.3 is 4.43 Å². The van der Waals surface area contributed by atoms with Crippen molar-refractivity contribution in [2.75, 3.05) is 6.61 Å². The first-order valence-electron chi connectivity index (χ1n) is 7.51. The van der Waals surface area contributed by atoms with Gasteiger partial charge in [-0.15, -0.1) is 0 Å². The van der Waals surface area contributed by atoms with E-state index >= 15 is 0 Å². The monoisotopic (exact) mass is 400 g/mol. The van der Waals surface area contributed by atoms with Crippen LogP contribution in [0.5, 0.6) is 0 Å². The van der Waals surface area contributed by atoms with Crippen LogP contribution in [0.1, 0.15) is 20.8 Å². The van der Waals surface area contributed by atoms with E-state index in [0.717, 1.165) is 0 Å². The lowest BCUT2D eigenvalue weighted by molar-refractivity contribution is 0.270. The molecule has 1 aromatic carbocycles. The zero-order chi connectivity index (χ0) is 17.4. The van der Waals surface area contributed by atoms with Crippen molar-refractivity contribution in [2.45, 2.75) is 45.4 Å². The number of hydrogen-bond donors (Lipinski definition) is 0. The van der Waals surface area contributed by atoms with E-state index in [1.54, 1.807) is 6.07 Å². The quantitative estimate of drug-likeness (QED) is 0.717. The molecule has 1 aromatic heterocycles. The third kappa shape index (κ3) is 3.89. The van der Waals surface area contributed by atoms with Gasteiger partial charge in [-0.25, -0.2) is 9.37 Å². The minimum absolute atomic E-state index is 0.0970. The molecule has 4 nitrogen and oxygen atoms in total. The van der Waals surface area contributed by atoms with Crippen molar-refractivity contribution in [1.29, 1.82) is 0 Å². The third-order valence-corrected chi connectivity index (χ3v) is 9.44. The van der Waals surface area contributed by atoms with Gasteiger partial charge in [0.2, 0.25) is 0 Å². The van der Waals surface area contributed by atoms with E-state index in [0.29, 0.717) is 17.6 Å². The Morgan fingerprint density at radius 2 is 2.00 bits per heavy atom. The number of rotatable bonds is 4. The van der Waals surface area contributed by atoms with E-state index in [9.17, 15) is 9.18 Å². The van der Waals surface area contributed by atoms with E-state index < -0.39 is 14.1 Å². The van der Waals surface area contributed by atoms with Crippen LogP contribution in [0.2, 0.25) is 18.1 Å². The standard InChI is InChI=1S/C16H22BrFN2O2Si/c1-16(2,3)23(4,5)22-7-6-20-10-19-14-12(15(20)21)8-11(17)9-13(14)18/h8-10H,6-7H2,1-5H3. The van der Waals surface area contributed by atoms with Crippen LogP contribution < -0.4 is 5.56 Å². The van der Waals surface area contributed by atoms with Crippen LogP contribution in [0, 0.1) is 5.82 Å². The molecule has 0 amide bonds. The molecule has 126 valence electrons. The number of fused-ring (bicyclic) bond motifs is 1. The first-order chi connectivity index (χ1) is 10.5. The van der Waals surface area contributed by atoms with E-state index in [4.69, 9.17) is 4.43 Å². The first kappa shape index (κ1) is 18.3. The first-order valence-corrected chi connectivity index (χ1v) is 11.2. The Morgan fingerprint density at radius 3 is 2.61 bits per heavy atom. The summed E-state index contributed by atoms with van der Waals surface area (Å²) in [6.07, 6.45) is 1.39. The molecule has 2 rings (SSSR count). The average Bonchev–Trinajstić information content (AvgIpc) is 2.40. The molecule has 0 saturated carbocycles. The predicted molar refractivity (Wildman–Crippen MR) is 96.8 cm³/mol. The van der Waals surface area contributed by atoms with Gasteiger partial charge in [0.05, 0.1) is 18.3 Å². The summed E-state index contributed by atoms with van der Waals surface area (Å²) < 4.78 is 21.9. The Hall–Kier alpha value is -1.05. The van der Waals surface area contributed by atoms with Crippen molar-refractivity contribution in [1.82, 2.24) is 9.55 Å². The van der Waals surface area contributed by atoms with Gasteiger partial charge in [-0.1, -0.05) is 36.7 Å². The number of benzene rings is 1. The molecule has 0 saturated heterocycles. The maximum atomic E-state index is 13.8. The molecule has 0 atom stereocenters. The highest BCUT2D eigenvalue weighted by atomic mass is 79.9. The van der Waals surface area contributed by atoms with Crippen molar-refractivity contribution < 1.29 is 8.82 Å². The SMILES string of the molecule is CC(C)(C)[Si](C)(C)OCCn1cnc2c(F)cc(Br)cc2c1=O. The molecular formula is C16H22BrFN2O2Si. The fourth-order valence-electron chi connectivity index (χ4n) is 1.97. The van der Waals surface area contributed by atoms with Gasteiger partial charge in [0, 0.05) is 11.0 Å². The molecule has 0 aliphatic heterocycles. The molecule has 1 heterocycles. The van der Waals surface area contributed by atoms with E-state index in [2.05, 4.69) is 54.8 Å². The summed E-state index contributed by atoms with van der Waals surface area (Å²) in [5.74, 6) is -0.504. The van der Waals surface area contributed by atoms with Crippen molar-refractivity contribution in [3.63, 3.8) is 0 Å². The number of nitrogens with zero attached hydrogens (tertiary/aromatic N) is 2. The lowest BCUT2D eigenvalue weighted by Gasteiger charge is -2.36. The van der Waals surface area contributed by atoms with Gasteiger partial charge in [0.15, 0.2) is 14.1 Å². The molecule has 0 fully saturated rings. The van der Waals surface area contributed by atoms with Crippen LogP contribution in [-0.4, -0.2) is 24.5 Å². The molecule has 0 unspecified atom stereocenters. The molecule has 7 heteroatoms. The topological polar surface area (TPSA) is 44.1 Å². The molecule has 0 radical (unpaired) electrons. The molecule has 0 N–H and O–H groups in total. The van der Waals surface area contributed by atoms with E-state index in [1.165, 1.54) is 17.0 Å². The van der Waals surface area contributed by atoms with Gasteiger partial charge in [0.25, 0.3) is 5.56 Å². The van der Waals surface area contributed by atoms with Crippen LogP contribution in [0.4, 0.5) is 4.39 Å². The maximum absolute atomic E-state index is 13.8. The maximum Gasteiger partial charge on any atom is 0.261 e. The third-order valence-electron chi connectivity index (χ3n) is 4.45. The van der Waals surface area contributed by atoms with Gasteiger partial charge in [0.1, 0.15) is 5.52 Å². The predicted octanol–water partition coefficient (Wildman–Crippen LogP) is 4.32. The van der Waals surface area contributed by atoms with Crippen LogP contribution in [0.15, 0.2) is 27.7 Å². The summed E-state index contributed by atoms with van der Waals surface area (Å²) in [7, 11) is -1.85. The fraction of sp³-hybridized carbons (Fsp3) is 0.500. The molecule has 0 spiro atoms. The largest absolute Gasteiger partial charge is 0.415 e. The second kappa shape index (κ2) is 6.45. The second-order valence-electron chi connectivity index (χ2n) is 7.14.